The smallest absolute Gasteiger partial charge is 0.0991 e. The van der Waals surface area contributed by atoms with Gasteiger partial charge in [-0.25, -0.2) is 0 Å². The van der Waals surface area contributed by atoms with Crippen LogP contribution in [-0.2, 0) is 0 Å². The second kappa shape index (κ2) is 15.8. The number of nitriles is 1. The summed E-state index contributed by atoms with van der Waals surface area (Å²) in [4.78, 5) is 9.49. The third-order valence-corrected chi connectivity index (χ3v) is 12.7. The highest BCUT2D eigenvalue weighted by atomic mass is 15.0. The summed E-state index contributed by atoms with van der Waals surface area (Å²) in [6.07, 6.45) is 3.70. The van der Waals surface area contributed by atoms with Crippen LogP contribution in [0.5, 0.6) is 0 Å². The lowest BCUT2D eigenvalue weighted by molar-refractivity contribution is 1.18. The Morgan fingerprint density at radius 1 is 0.323 bits per heavy atom. The van der Waals surface area contributed by atoms with E-state index >= 15 is 0 Å². The molecule has 0 N–H and O–H groups in total. The van der Waals surface area contributed by atoms with Crippen LogP contribution < -0.4 is 0 Å². The maximum Gasteiger partial charge on any atom is 0.0991 e. The van der Waals surface area contributed by atoms with E-state index in [9.17, 15) is 5.26 Å². The van der Waals surface area contributed by atoms with Gasteiger partial charge in [0, 0.05) is 40.0 Å². The predicted molar refractivity (Wildman–Crippen MR) is 269 cm³/mol. The summed E-state index contributed by atoms with van der Waals surface area (Å²) in [6.45, 7) is 0. The summed E-state index contributed by atoms with van der Waals surface area (Å²) in [6, 6.07) is 79.9. The predicted octanol–water partition coefficient (Wildman–Crippen LogP) is 15.8. The fourth-order valence-electron chi connectivity index (χ4n) is 9.70. The molecule has 9 aromatic carbocycles. The summed E-state index contributed by atoms with van der Waals surface area (Å²) in [5.41, 5.74) is 17.0. The highest BCUT2D eigenvalue weighted by Gasteiger charge is 2.20. The third kappa shape index (κ3) is 6.63. The van der Waals surface area contributed by atoms with Crippen LogP contribution >= 0.6 is 0 Å². The minimum atomic E-state index is 0.645. The van der Waals surface area contributed by atoms with Gasteiger partial charge in [0.1, 0.15) is 0 Å². The molecule has 0 atom stereocenters. The molecule has 12 aromatic rings. The highest BCUT2D eigenvalue weighted by molar-refractivity contribution is 6.22. The van der Waals surface area contributed by atoms with Gasteiger partial charge < -0.3 is 4.57 Å². The van der Waals surface area contributed by atoms with Crippen LogP contribution in [0, 0.1) is 11.3 Å². The molecule has 65 heavy (non-hydrogen) atoms. The highest BCUT2D eigenvalue weighted by Crippen LogP contribution is 2.47. The second-order valence-corrected chi connectivity index (χ2v) is 16.5. The first kappa shape index (κ1) is 37.8. The van der Waals surface area contributed by atoms with Gasteiger partial charge in [0.2, 0.25) is 0 Å². The lowest BCUT2D eigenvalue weighted by Crippen LogP contribution is -1.94. The Balaban J connectivity index is 1.11. The van der Waals surface area contributed by atoms with Crippen molar-refractivity contribution < 1.29 is 0 Å². The fourth-order valence-corrected chi connectivity index (χ4v) is 9.70. The first-order valence-electron chi connectivity index (χ1n) is 21.9. The lowest BCUT2D eigenvalue weighted by atomic mass is 9.83. The van der Waals surface area contributed by atoms with Gasteiger partial charge >= 0.3 is 0 Å². The van der Waals surface area contributed by atoms with Crippen molar-refractivity contribution in [3.63, 3.8) is 0 Å². The van der Waals surface area contributed by atoms with E-state index in [1.54, 1.807) is 0 Å². The van der Waals surface area contributed by atoms with Crippen molar-refractivity contribution in [3.8, 4) is 78.8 Å². The summed E-state index contributed by atoms with van der Waals surface area (Å²) in [7, 11) is 0. The summed E-state index contributed by atoms with van der Waals surface area (Å²) in [5, 5.41) is 16.8. The minimum absolute atomic E-state index is 0.645. The van der Waals surface area contributed by atoms with Gasteiger partial charge in [0.15, 0.2) is 0 Å². The van der Waals surface area contributed by atoms with E-state index < -0.39 is 0 Å². The maximum absolute atomic E-state index is 9.95. The molecule has 0 saturated carbocycles. The van der Waals surface area contributed by atoms with Crippen LogP contribution in [0.15, 0.2) is 231 Å². The van der Waals surface area contributed by atoms with Gasteiger partial charge in [-0.1, -0.05) is 121 Å². The van der Waals surface area contributed by atoms with Crippen molar-refractivity contribution in [3.05, 3.63) is 236 Å². The number of pyridine rings is 2. The normalized spacial score (nSPS) is 11.4. The van der Waals surface area contributed by atoms with Gasteiger partial charge in [-0.3, -0.25) is 9.97 Å². The monoisotopic (exact) mass is 826 g/mol. The van der Waals surface area contributed by atoms with Crippen molar-refractivity contribution in [2.24, 2.45) is 0 Å². The van der Waals surface area contributed by atoms with Crippen LogP contribution in [-0.4, -0.2) is 14.5 Å². The molecule has 0 bridgehead atoms. The van der Waals surface area contributed by atoms with E-state index in [2.05, 4.69) is 187 Å². The zero-order valence-corrected chi connectivity index (χ0v) is 35.2. The Kier molecular flexibility index (Phi) is 9.18. The standard InChI is InChI=1S/C61H38N4/c62-39-40-22-28-58-52(32-40)53-36-44(25-29-59(53)65(58)49-18-8-3-9-19-49)43-23-26-50-54(37-43)60(41-14-4-1-5-15-41)51-27-24-45(38-55(51)61(50)42-16-6-2-7-17-42)46-33-47(56-20-10-12-30-63-56)35-48(34-46)57-21-11-13-31-64-57/h1-38H. The molecule has 0 spiro atoms. The average Bonchev–Trinajstić information content (AvgIpc) is 3.71. The molecule has 0 amide bonds. The number of nitrogens with zero attached hydrogens (tertiary/aromatic N) is 4. The van der Waals surface area contributed by atoms with Crippen molar-refractivity contribution >= 4 is 43.4 Å². The minimum Gasteiger partial charge on any atom is -0.309 e. The zero-order valence-electron chi connectivity index (χ0n) is 35.2. The molecule has 0 saturated heterocycles. The quantitative estimate of drug-likeness (QED) is 0.150. The summed E-state index contributed by atoms with van der Waals surface area (Å²) >= 11 is 0. The molecule has 0 aliphatic carbocycles. The third-order valence-electron chi connectivity index (χ3n) is 12.7. The number of hydrogen-bond donors (Lipinski definition) is 0. The first-order valence-corrected chi connectivity index (χ1v) is 21.9. The Hall–Kier alpha value is -8.91. The van der Waals surface area contributed by atoms with Gasteiger partial charge in [-0.2, -0.15) is 5.26 Å². The van der Waals surface area contributed by atoms with Crippen LogP contribution in [0.4, 0.5) is 0 Å². The summed E-state index contributed by atoms with van der Waals surface area (Å²) in [5.74, 6) is 0. The van der Waals surface area contributed by atoms with Crippen LogP contribution in [0.2, 0.25) is 0 Å². The van der Waals surface area contributed by atoms with Gasteiger partial charge in [0.05, 0.1) is 34.1 Å². The van der Waals surface area contributed by atoms with Crippen molar-refractivity contribution in [1.82, 2.24) is 14.5 Å². The molecule has 0 aliphatic heterocycles. The van der Waals surface area contributed by atoms with Crippen molar-refractivity contribution in [1.29, 1.82) is 5.26 Å². The molecule has 0 unspecified atom stereocenters. The Bertz CT molecular complexity index is 3740. The van der Waals surface area contributed by atoms with E-state index in [0.717, 1.165) is 83.4 Å². The lowest BCUT2D eigenvalue weighted by Gasteiger charge is -2.20. The van der Waals surface area contributed by atoms with E-state index in [4.69, 9.17) is 9.97 Å². The molecule has 3 heterocycles. The molecule has 12 rings (SSSR count). The van der Waals surface area contributed by atoms with Crippen LogP contribution in [0.1, 0.15) is 5.56 Å². The van der Waals surface area contributed by atoms with Crippen molar-refractivity contribution in [2.75, 3.05) is 0 Å². The molecule has 0 fully saturated rings. The van der Waals surface area contributed by atoms with E-state index in [-0.39, 0.29) is 0 Å². The zero-order chi connectivity index (χ0) is 43.3. The number of para-hydroxylation sites is 1. The number of aromatic nitrogens is 3. The topological polar surface area (TPSA) is 54.5 Å². The number of hydrogen-bond acceptors (Lipinski definition) is 3. The van der Waals surface area contributed by atoms with Crippen LogP contribution in [0.25, 0.3) is 116 Å². The molecular formula is C61H38N4. The number of benzene rings is 9. The van der Waals surface area contributed by atoms with Crippen molar-refractivity contribution in [2.45, 2.75) is 0 Å². The van der Waals surface area contributed by atoms with E-state index in [1.165, 1.54) is 32.7 Å². The van der Waals surface area contributed by atoms with E-state index in [1.807, 2.05) is 54.9 Å². The first-order chi connectivity index (χ1) is 32.2. The molecule has 4 nitrogen and oxygen atoms in total. The number of rotatable bonds is 7. The molecule has 0 radical (unpaired) electrons. The molecule has 302 valence electrons. The molecular weight excluding hydrogens is 789 g/mol. The Morgan fingerprint density at radius 2 is 0.769 bits per heavy atom. The average molecular weight is 827 g/mol. The maximum atomic E-state index is 9.95. The molecule has 4 heteroatoms. The molecule has 3 aromatic heterocycles. The Morgan fingerprint density at radius 3 is 1.29 bits per heavy atom. The largest absolute Gasteiger partial charge is 0.309 e. The van der Waals surface area contributed by atoms with Gasteiger partial charge in [-0.15, -0.1) is 0 Å². The van der Waals surface area contributed by atoms with Gasteiger partial charge in [-0.05, 0) is 163 Å². The summed E-state index contributed by atoms with van der Waals surface area (Å²) < 4.78 is 2.30. The second-order valence-electron chi connectivity index (χ2n) is 16.5. The SMILES string of the molecule is N#Cc1ccc2c(c1)c1cc(-c3ccc4c(-c5ccccc5)c5cc(-c6cc(-c7ccccn7)cc(-c7ccccn7)c6)ccc5c(-c5ccccc5)c4c3)ccc1n2-c1ccccc1. The van der Waals surface area contributed by atoms with E-state index in [0.29, 0.717) is 5.56 Å². The van der Waals surface area contributed by atoms with Crippen LogP contribution in [0.3, 0.4) is 0 Å². The molecule has 0 aliphatic rings. The number of fused-ring (bicyclic) bond motifs is 5. The Labute approximate surface area is 376 Å². The van der Waals surface area contributed by atoms with Gasteiger partial charge in [0.25, 0.3) is 0 Å². The fraction of sp³-hybridized carbons (Fsp3) is 0.